The molecule has 1 aromatic heterocycles. The number of ether oxygens (including phenoxy) is 2. The highest BCUT2D eigenvalue weighted by Gasteiger charge is 2.20. The first-order valence-electron chi connectivity index (χ1n) is 6.60. The number of aromatic nitrogens is 3. The zero-order chi connectivity index (χ0) is 15.7. The predicted molar refractivity (Wildman–Crippen MR) is 73.6 cm³/mol. The molecule has 0 aliphatic heterocycles. The SMILES string of the molecule is COCCCNC(=O)Cn1nnc(C(=O)OC)c1CCN. The van der Waals surface area contributed by atoms with Gasteiger partial charge in [-0.25, -0.2) is 9.48 Å². The van der Waals surface area contributed by atoms with Crippen LogP contribution in [0, 0.1) is 0 Å². The third kappa shape index (κ3) is 5.12. The molecule has 0 aromatic carbocycles. The predicted octanol–water partition coefficient (Wildman–Crippen LogP) is -1.28. The highest BCUT2D eigenvalue weighted by atomic mass is 16.5. The number of nitrogens with one attached hydrogen (secondary N) is 1. The summed E-state index contributed by atoms with van der Waals surface area (Å²) in [6.07, 6.45) is 1.11. The Kier molecular flexibility index (Phi) is 7.33. The molecule has 0 saturated heterocycles. The van der Waals surface area contributed by atoms with E-state index >= 15 is 0 Å². The van der Waals surface area contributed by atoms with Gasteiger partial charge < -0.3 is 20.5 Å². The fraction of sp³-hybridized carbons (Fsp3) is 0.667. The summed E-state index contributed by atoms with van der Waals surface area (Å²) in [5, 5.41) is 10.3. The molecule has 0 saturated carbocycles. The van der Waals surface area contributed by atoms with Crippen LogP contribution in [0.2, 0.25) is 0 Å². The molecular weight excluding hydrogens is 278 g/mol. The number of carbonyl (C=O) groups excluding carboxylic acids is 2. The summed E-state index contributed by atoms with van der Waals surface area (Å²) in [6, 6.07) is 0. The molecule has 1 amide bonds. The number of rotatable bonds is 9. The van der Waals surface area contributed by atoms with Gasteiger partial charge in [-0.2, -0.15) is 0 Å². The number of carbonyl (C=O) groups is 2. The van der Waals surface area contributed by atoms with Crippen molar-refractivity contribution in [1.82, 2.24) is 20.3 Å². The van der Waals surface area contributed by atoms with Crippen LogP contribution < -0.4 is 11.1 Å². The minimum atomic E-state index is -0.592. The van der Waals surface area contributed by atoms with Crippen LogP contribution in [0.15, 0.2) is 0 Å². The zero-order valence-corrected chi connectivity index (χ0v) is 12.3. The molecule has 0 bridgehead atoms. The summed E-state index contributed by atoms with van der Waals surface area (Å²) < 4.78 is 10.9. The van der Waals surface area contributed by atoms with E-state index in [0.717, 1.165) is 6.42 Å². The fourth-order valence-corrected chi connectivity index (χ4v) is 1.74. The Labute approximate surface area is 122 Å². The summed E-state index contributed by atoms with van der Waals surface area (Å²) >= 11 is 0. The van der Waals surface area contributed by atoms with Crippen molar-refractivity contribution in [3.63, 3.8) is 0 Å². The van der Waals surface area contributed by atoms with Gasteiger partial charge in [0.2, 0.25) is 5.91 Å². The average molecular weight is 299 g/mol. The van der Waals surface area contributed by atoms with Crippen LogP contribution in [-0.4, -0.2) is 60.8 Å². The number of nitrogens with zero attached hydrogens (tertiary/aromatic N) is 3. The van der Waals surface area contributed by atoms with Gasteiger partial charge in [0.1, 0.15) is 6.54 Å². The van der Waals surface area contributed by atoms with E-state index in [4.69, 9.17) is 10.5 Å². The van der Waals surface area contributed by atoms with E-state index in [1.54, 1.807) is 7.11 Å². The molecule has 21 heavy (non-hydrogen) atoms. The van der Waals surface area contributed by atoms with Crippen molar-refractivity contribution in [2.24, 2.45) is 5.73 Å². The van der Waals surface area contributed by atoms with Gasteiger partial charge in [0.25, 0.3) is 0 Å². The summed E-state index contributed by atoms with van der Waals surface area (Å²) in [6.45, 7) is 1.38. The van der Waals surface area contributed by atoms with Crippen LogP contribution >= 0.6 is 0 Å². The Morgan fingerprint density at radius 2 is 2.14 bits per heavy atom. The second kappa shape index (κ2) is 9.03. The topological polar surface area (TPSA) is 121 Å². The lowest BCUT2D eigenvalue weighted by atomic mass is 10.2. The van der Waals surface area contributed by atoms with Crippen LogP contribution in [0.1, 0.15) is 22.6 Å². The van der Waals surface area contributed by atoms with Crippen molar-refractivity contribution in [2.75, 3.05) is 33.9 Å². The fourth-order valence-electron chi connectivity index (χ4n) is 1.74. The van der Waals surface area contributed by atoms with Gasteiger partial charge in [-0.05, 0) is 13.0 Å². The third-order valence-corrected chi connectivity index (χ3v) is 2.74. The second-order valence-electron chi connectivity index (χ2n) is 4.27. The van der Waals surface area contributed by atoms with Crippen LogP contribution in [0.4, 0.5) is 0 Å². The van der Waals surface area contributed by atoms with Gasteiger partial charge in [0, 0.05) is 26.7 Å². The van der Waals surface area contributed by atoms with Crippen molar-refractivity contribution in [3.8, 4) is 0 Å². The van der Waals surface area contributed by atoms with Gasteiger partial charge in [-0.15, -0.1) is 5.10 Å². The molecule has 0 atom stereocenters. The number of hydrogen-bond donors (Lipinski definition) is 2. The third-order valence-electron chi connectivity index (χ3n) is 2.74. The minimum Gasteiger partial charge on any atom is -0.464 e. The van der Waals surface area contributed by atoms with E-state index in [2.05, 4.69) is 20.4 Å². The van der Waals surface area contributed by atoms with E-state index in [1.807, 2.05) is 0 Å². The number of nitrogens with two attached hydrogens (primary N) is 1. The summed E-state index contributed by atoms with van der Waals surface area (Å²) in [5.41, 5.74) is 6.10. The van der Waals surface area contributed by atoms with Crippen LogP contribution in [-0.2, 0) is 27.2 Å². The lowest BCUT2D eigenvalue weighted by molar-refractivity contribution is -0.121. The van der Waals surface area contributed by atoms with Crippen molar-refractivity contribution < 1.29 is 19.1 Å². The molecule has 118 valence electrons. The Morgan fingerprint density at radius 3 is 2.76 bits per heavy atom. The quantitative estimate of drug-likeness (QED) is 0.430. The number of amides is 1. The van der Waals surface area contributed by atoms with Crippen molar-refractivity contribution >= 4 is 11.9 Å². The Balaban J connectivity index is 2.67. The summed E-state index contributed by atoms with van der Waals surface area (Å²) in [7, 11) is 2.86. The maximum absolute atomic E-state index is 11.8. The molecule has 1 heterocycles. The maximum atomic E-state index is 11.8. The van der Waals surface area contributed by atoms with Gasteiger partial charge >= 0.3 is 5.97 Å². The molecule has 0 unspecified atom stereocenters. The lowest BCUT2D eigenvalue weighted by Gasteiger charge is -2.07. The smallest absolute Gasteiger partial charge is 0.360 e. The molecule has 0 fully saturated rings. The molecule has 9 heteroatoms. The monoisotopic (exact) mass is 299 g/mol. The average Bonchev–Trinajstić information content (AvgIpc) is 2.86. The first-order valence-corrected chi connectivity index (χ1v) is 6.60. The van der Waals surface area contributed by atoms with Crippen LogP contribution in [0.5, 0.6) is 0 Å². The van der Waals surface area contributed by atoms with E-state index in [9.17, 15) is 9.59 Å². The minimum absolute atomic E-state index is 0.0215. The molecule has 1 aromatic rings. The number of esters is 1. The highest BCUT2D eigenvalue weighted by molar-refractivity contribution is 5.88. The molecule has 0 aliphatic carbocycles. The van der Waals surface area contributed by atoms with E-state index in [-0.39, 0.29) is 18.1 Å². The van der Waals surface area contributed by atoms with Crippen LogP contribution in [0.3, 0.4) is 0 Å². The van der Waals surface area contributed by atoms with Gasteiger partial charge in [-0.3, -0.25) is 4.79 Å². The molecular formula is C12H21N5O4. The molecule has 1 rings (SSSR count). The molecule has 3 N–H and O–H groups in total. The number of hydrogen-bond acceptors (Lipinski definition) is 7. The summed E-state index contributed by atoms with van der Waals surface area (Å²) in [5.74, 6) is -0.809. The first-order chi connectivity index (χ1) is 10.1. The molecule has 0 aliphatic rings. The standard InChI is InChI=1S/C12H21N5O4/c1-20-7-3-6-14-10(18)8-17-9(4-5-13)11(15-16-17)12(19)21-2/h3-8,13H2,1-2H3,(H,14,18). The summed E-state index contributed by atoms with van der Waals surface area (Å²) in [4.78, 5) is 23.4. The highest BCUT2D eigenvalue weighted by Crippen LogP contribution is 2.07. The van der Waals surface area contributed by atoms with E-state index in [1.165, 1.54) is 11.8 Å². The Morgan fingerprint density at radius 1 is 1.38 bits per heavy atom. The Bertz CT molecular complexity index is 474. The maximum Gasteiger partial charge on any atom is 0.360 e. The van der Waals surface area contributed by atoms with Crippen molar-refractivity contribution in [2.45, 2.75) is 19.4 Å². The molecule has 9 nitrogen and oxygen atoms in total. The zero-order valence-electron chi connectivity index (χ0n) is 12.3. The van der Waals surface area contributed by atoms with E-state index in [0.29, 0.717) is 31.8 Å². The normalized spacial score (nSPS) is 10.4. The van der Waals surface area contributed by atoms with Gasteiger partial charge in [0.15, 0.2) is 5.69 Å². The van der Waals surface area contributed by atoms with Crippen molar-refractivity contribution in [1.29, 1.82) is 0 Å². The van der Waals surface area contributed by atoms with Gasteiger partial charge in [0.05, 0.1) is 12.8 Å². The second-order valence-corrected chi connectivity index (χ2v) is 4.27. The lowest BCUT2D eigenvalue weighted by Crippen LogP contribution is -2.30. The van der Waals surface area contributed by atoms with Crippen LogP contribution in [0.25, 0.3) is 0 Å². The largest absolute Gasteiger partial charge is 0.464 e. The molecule has 0 spiro atoms. The van der Waals surface area contributed by atoms with Gasteiger partial charge in [-0.1, -0.05) is 5.21 Å². The number of methoxy groups -OCH3 is 2. The first kappa shape index (κ1) is 17.1. The molecule has 0 radical (unpaired) electrons. The van der Waals surface area contributed by atoms with Crippen molar-refractivity contribution in [3.05, 3.63) is 11.4 Å². The Hall–Kier alpha value is -2.00. The van der Waals surface area contributed by atoms with E-state index < -0.39 is 5.97 Å².